The number of esters is 2. The van der Waals surface area contributed by atoms with Crippen molar-refractivity contribution in [3.8, 4) is 0 Å². The first-order valence-corrected chi connectivity index (χ1v) is 31.5. The van der Waals surface area contributed by atoms with Crippen molar-refractivity contribution in [1.29, 1.82) is 0 Å². The lowest BCUT2D eigenvalue weighted by Gasteiger charge is -2.18. The van der Waals surface area contributed by atoms with Gasteiger partial charge in [0.25, 0.3) is 0 Å². The van der Waals surface area contributed by atoms with Crippen molar-refractivity contribution in [2.24, 2.45) is 0 Å². The molecule has 0 bridgehead atoms. The van der Waals surface area contributed by atoms with Gasteiger partial charge in [0.2, 0.25) is 0 Å². The molecule has 0 fully saturated rings. The summed E-state index contributed by atoms with van der Waals surface area (Å²) >= 11 is 0. The zero-order chi connectivity index (χ0) is 52.0. The van der Waals surface area contributed by atoms with E-state index in [1.807, 2.05) is 0 Å². The van der Waals surface area contributed by atoms with Crippen LogP contribution in [0, 0.1) is 0 Å². The maximum atomic E-state index is 12.9. The number of carbonyl (C=O) groups excluding carboxylic acids is 2. The fraction of sp³-hybridized carbons (Fsp3) is 0.791. The number of unbranched alkanes of at least 4 members (excludes halogenated alkanes) is 35. The van der Waals surface area contributed by atoms with Crippen LogP contribution in [0.25, 0.3) is 0 Å². The average Bonchev–Trinajstić information content (AvgIpc) is 3.38. The van der Waals surface area contributed by atoms with Gasteiger partial charge in [-0.05, 0) is 89.9 Å². The Labute approximate surface area is 448 Å². The van der Waals surface area contributed by atoms with Crippen LogP contribution >= 0.6 is 0 Å². The SMILES string of the molecule is CC/C=C\C/C=C\C/C=C\C/C=C\C/C=C\CCCCCC(=O)OCC(COCCCCCCCCCCCC/C=C\CCCCCCCC)OC(=O)CCCCCCCCCCCCCCCCCCC. The molecule has 5 heteroatoms. The number of carbonyl (C=O) groups is 2. The van der Waals surface area contributed by atoms with E-state index in [9.17, 15) is 9.59 Å². The summed E-state index contributed by atoms with van der Waals surface area (Å²) in [5.74, 6) is -0.420. The molecule has 0 aromatic rings. The zero-order valence-electron chi connectivity index (χ0n) is 48.2. The van der Waals surface area contributed by atoms with E-state index in [1.165, 1.54) is 199 Å². The van der Waals surface area contributed by atoms with Crippen LogP contribution in [-0.2, 0) is 23.8 Å². The molecule has 0 spiro atoms. The highest BCUT2D eigenvalue weighted by molar-refractivity contribution is 5.70. The van der Waals surface area contributed by atoms with Gasteiger partial charge in [-0.3, -0.25) is 9.59 Å². The molecule has 0 saturated carbocycles. The third-order valence-corrected chi connectivity index (χ3v) is 13.7. The van der Waals surface area contributed by atoms with Gasteiger partial charge in [0.15, 0.2) is 6.10 Å². The van der Waals surface area contributed by atoms with Crippen molar-refractivity contribution in [2.45, 2.75) is 322 Å². The Morgan fingerprint density at radius 1 is 0.319 bits per heavy atom. The molecule has 0 aliphatic carbocycles. The summed E-state index contributed by atoms with van der Waals surface area (Å²) in [6.07, 6.45) is 82.2. The fourth-order valence-electron chi connectivity index (χ4n) is 9.06. The van der Waals surface area contributed by atoms with Crippen molar-refractivity contribution in [3.05, 3.63) is 72.9 Å². The van der Waals surface area contributed by atoms with Gasteiger partial charge in [-0.25, -0.2) is 0 Å². The second-order valence-electron chi connectivity index (χ2n) is 20.9. The van der Waals surface area contributed by atoms with Crippen molar-refractivity contribution in [3.63, 3.8) is 0 Å². The standard InChI is InChI=1S/C67H120O5/c1-4-7-10-13-16-19-22-25-28-31-33-35-38-41-44-47-50-53-56-59-62-70-63-65(72-67(69)61-58-55-52-49-46-43-40-36-30-27-24-21-18-15-12-9-6-3)64-71-66(68)60-57-54-51-48-45-42-39-37-34-32-29-26-23-20-17-14-11-8-5-2/h8,11,17,20,25-26,28-29,34,37,42,45,65H,4-7,9-10,12-16,18-19,21-24,27,30-33,35-36,38-41,43-44,46-64H2,1-3H3/b11-8-,20-17-,28-25-,29-26-,37-34-,45-42-. The number of hydrogen-bond donors (Lipinski definition) is 0. The minimum absolute atomic E-state index is 0.0691. The summed E-state index contributed by atoms with van der Waals surface area (Å²) in [5.41, 5.74) is 0. The lowest BCUT2D eigenvalue weighted by molar-refractivity contribution is -0.163. The minimum atomic E-state index is -0.552. The normalized spacial score (nSPS) is 12.7. The Bertz CT molecular complexity index is 1270. The molecule has 1 atom stereocenters. The second-order valence-corrected chi connectivity index (χ2v) is 20.9. The Morgan fingerprint density at radius 2 is 0.625 bits per heavy atom. The maximum absolute atomic E-state index is 12.9. The molecule has 1 unspecified atom stereocenters. The van der Waals surface area contributed by atoms with E-state index in [4.69, 9.17) is 14.2 Å². The Hall–Kier alpha value is -2.66. The third-order valence-electron chi connectivity index (χ3n) is 13.7. The smallest absolute Gasteiger partial charge is 0.306 e. The number of allylic oxidation sites excluding steroid dienone is 12. The van der Waals surface area contributed by atoms with Crippen LogP contribution in [0.2, 0.25) is 0 Å². The molecule has 0 aromatic heterocycles. The van der Waals surface area contributed by atoms with E-state index in [0.717, 1.165) is 83.5 Å². The molecular formula is C67H120O5. The molecule has 0 aromatic carbocycles. The molecular weight excluding hydrogens is 885 g/mol. The predicted octanol–water partition coefficient (Wildman–Crippen LogP) is 21.8. The van der Waals surface area contributed by atoms with Crippen molar-refractivity contribution in [1.82, 2.24) is 0 Å². The monoisotopic (exact) mass is 1000 g/mol. The van der Waals surface area contributed by atoms with E-state index in [1.54, 1.807) is 0 Å². The van der Waals surface area contributed by atoms with Crippen molar-refractivity contribution >= 4 is 11.9 Å². The minimum Gasteiger partial charge on any atom is -0.462 e. The Kier molecular flexibility index (Phi) is 60.3. The molecule has 0 heterocycles. The first-order valence-electron chi connectivity index (χ1n) is 31.5. The summed E-state index contributed by atoms with van der Waals surface area (Å²) in [5, 5.41) is 0. The van der Waals surface area contributed by atoms with Crippen LogP contribution in [0.15, 0.2) is 72.9 Å². The number of hydrogen-bond acceptors (Lipinski definition) is 5. The van der Waals surface area contributed by atoms with E-state index in [2.05, 4.69) is 93.7 Å². The van der Waals surface area contributed by atoms with Gasteiger partial charge >= 0.3 is 11.9 Å². The molecule has 0 amide bonds. The summed E-state index contributed by atoms with van der Waals surface area (Å²) in [4.78, 5) is 25.6. The van der Waals surface area contributed by atoms with Crippen LogP contribution in [0.4, 0.5) is 0 Å². The summed E-state index contributed by atoms with van der Waals surface area (Å²) in [7, 11) is 0. The highest BCUT2D eigenvalue weighted by Gasteiger charge is 2.17. The lowest BCUT2D eigenvalue weighted by atomic mass is 10.0. The molecule has 0 aliphatic heterocycles. The average molecular weight is 1010 g/mol. The summed E-state index contributed by atoms with van der Waals surface area (Å²) < 4.78 is 17.5. The van der Waals surface area contributed by atoms with E-state index in [0.29, 0.717) is 19.4 Å². The van der Waals surface area contributed by atoms with Crippen LogP contribution < -0.4 is 0 Å². The van der Waals surface area contributed by atoms with E-state index >= 15 is 0 Å². The molecule has 72 heavy (non-hydrogen) atoms. The Balaban J connectivity index is 4.31. The molecule has 0 radical (unpaired) electrons. The highest BCUT2D eigenvalue weighted by Crippen LogP contribution is 2.16. The van der Waals surface area contributed by atoms with Gasteiger partial charge in [0.05, 0.1) is 6.61 Å². The van der Waals surface area contributed by atoms with Gasteiger partial charge in [0, 0.05) is 19.4 Å². The fourth-order valence-corrected chi connectivity index (χ4v) is 9.06. The quantitative estimate of drug-likeness (QED) is 0.0345. The van der Waals surface area contributed by atoms with Gasteiger partial charge in [-0.1, -0.05) is 286 Å². The van der Waals surface area contributed by atoms with Crippen LogP contribution in [0.1, 0.15) is 316 Å². The second kappa shape index (κ2) is 62.6. The van der Waals surface area contributed by atoms with Gasteiger partial charge < -0.3 is 14.2 Å². The van der Waals surface area contributed by atoms with E-state index < -0.39 is 6.10 Å². The summed E-state index contributed by atoms with van der Waals surface area (Å²) in [6, 6.07) is 0. The molecule has 5 nitrogen and oxygen atoms in total. The van der Waals surface area contributed by atoms with Gasteiger partial charge in [-0.15, -0.1) is 0 Å². The lowest BCUT2D eigenvalue weighted by Crippen LogP contribution is -2.30. The predicted molar refractivity (Wildman–Crippen MR) is 316 cm³/mol. The van der Waals surface area contributed by atoms with Crippen molar-refractivity contribution in [2.75, 3.05) is 19.8 Å². The first kappa shape index (κ1) is 69.3. The maximum Gasteiger partial charge on any atom is 0.306 e. The van der Waals surface area contributed by atoms with E-state index in [-0.39, 0.29) is 25.2 Å². The molecule has 418 valence electrons. The van der Waals surface area contributed by atoms with Crippen molar-refractivity contribution < 1.29 is 23.8 Å². The van der Waals surface area contributed by atoms with Crippen LogP contribution in [0.3, 0.4) is 0 Å². The molecule has 0 aliphatic rings. The third kappa shape index (κ3) is 59.9. The molecule has 0 N–H and O–H groups in total. The van der Waals surface area contributed by atoms with Gasteiger partial charge in [0.1, 0.15) is 6.61 Å². The topological polar surface area (TPSA) is 61.8 Å². The molecule has 0 saturated heterocycles. The molecule has 0 rings (SSSR count). The first-order chi connectivity index (χ1) is 35.6. The number of rotatable bonds is 58. The largest absolute Gasteiger partial charge is 0.462 e. The number of ether oxygens (including phenoxy) is 3. The summed E-state index contributed by atoms with van der Waals surface area (Å²) in [6.45, 7) is 7.73. The Morgan fingerprint density at radius 3 is 1.03 bits per heavy atom. The van der Waals surface area contributed by atoms with Crippen LogP contribution in [-0.4, -0.2) is 37.9 Å². The zero-order valence-corrected chi connectivity index (χ0v) is 48.2. The highest BCUT2D eigenvalue weighted by atomic mass is 16.6. The van der Waals surface area contributed by atoms with Crippen LogP contribution in [0.5, 0.6) is 0 Å². The van der Waals surface area contributed by atoms with Gasteiger partial charge in [-0.2, -0.15) is 0 Å².